The Balaban J connectivity index is 1.78. The molecule has 4 rings (SSSR count). The van der Waals surface area contributed by atoms with Gasteiger partial charge in [0, 0.05) is 20.9 Å². The number of carbonyl (C=O) groups excluding carboxylic acids is 2. The van der Waals surface area contributed by atoms with E-state index < -0.39 is 12.0 Å². The second-order valence-electron chi connectivity index (χ2n) is 6.77. The van der Waals surface area contributed by atoms with Gasteiger partial charge in [-0.25, -0.2) is 9.48 Å². The van der Waals surface area contributed by atoms with Crippen molar-refractivity contribution in [3.8, 4) is 0 Å². The maximum Gasteiger partial charge on any atom is 0.378 e. The molecular weight excluding hydrogens is 486 g/mol. The fraction of sp³-hybridized carbons (Fsp3) is 0.143. The zero-order valence-corrected chi connectivity index (χ0v) is 18.9. The number of benzene rings is 2. The predicted octanol–water partition coefficient (Wildman–Crippen LogP) is 4.41. The zero-order chi connectivity index (χ0) is 22.1. The summed E-state index contributed by atoms with van der Waals surface area (Å²) in [7, 11) is 1.26. The number of carbonyl (C=O) groups is 2. The summed E-state index contributed by atoms with van der Waals surface area (Å²) in [5.74, 6) is -0.739. The Labute approximate surface area is 191 Å². The first-order valence-electron chi connectivity index (χ1n) is 9.22. The average Bonchev–Trinajstić information content (AvgIpc) is 3.18. The summed E-state index contributed by atoms with van der Waals surface area (Å²) in [5, 5.41) is 10.8. The molecule has 1 unspecified atom stereocenters. The van der Waals surface area contributed by atoms with E-state index in [1.807, 2.05) is 24.3 Å². The number of methoxy groups -OCH3 is 1. The number of fused-ring (bicyclic) bond motifs is 1. The van der Waals surface area contributed by atoms with Crippen LogP contribution in [-0.4, -0.2) is 33.8 Å². The summed E-state index contributed by atoms with van der Waals surface area (Å²) in [4.78, 5) is 29.5. The minimum Gasteiger partial charge on any atom is -0.463 e. The van der Waals surface area contributed by atoms with E-state index in [1.165, 1.54) is 11.8 Å². The van der Waals surface area contributed by atoms with Crippen LogP contribution in [0.25, 0.3) is 0 Å². The standard InChI is InChI=1S/C21H17BrClN5O3/c1-11-16(19(29)25-15-9-7-14(23)8-10-15)17(12-3-5-13(22)6-4-12)28-21(24-11)26-18(27-28)20(30)31-2/h3-10,17H,1-2H3,(H,25,29)(H,24,26,27). The van der Waals surface area contributed by atoms with E-state index in [1.54, 1.807) is 31.2 Å². The molecule has 1 aromatic heterocycles. The molecule has 8 nitrogen and oxygen atoms in total. The second kappa shape index (κ2) is 8.52. The summed E-state index contributed by atoms with van der Waals surface area (Å²) in [6, 6.07) is 13.7. The minimum atomic E-state index is -0.664. The van der Waals surface area contributed by atoms with E-state index >= 15 is 0 Å². The van der Waals surface area contributed by atoms with Gasteiger partial charge in [0.2, 0.25) is 5.95 Å². The van der Waals surface area contributed by atoms with Crippen molar-refractivity contribution in [1.29, 1.82) is 0 Å². The van der Waals surface area contributed by atoms with Gasteiger partial charge in [-0.3, -0.25) is 4.79 Å². The number of allylic oxidation sites excluding steroid dienone is 1. The molecule has 0 radical (unpaired) electrons. The number of hydrogen-bond donors (Lipinski definition) is 2. The number of nitrogens with zero attached hydrogens (tertiary/aromatic N) is 3. The lowest BCUT2D eigenvalue weighted by Gasteiger charge is -2.28. The van der Waals surface area contributed by atoms with Gasteiger partial charge < -0.3 is 15.4 Å². The summed E-state index contributed by atoms with van der Waals surface area (Å²) in [5.41, 5.74) is 2.43. The van der Waals surface area contributed by atoms with Crippen molar-refractivity contribution in [3.63, 3.8) is 0 Å². The fourth-order valence-electron chi connectivity index (χ4n) is 3.31. The van der Waals surface area contributed by atoms with Crippen LogP contribution in [0.3, 0.4) is 0 Å². The van der Waals surface area contributed by atoms with E-state index in [2.05, 4.69) is 36.6 Å². The Hall–Kier alpha value is -3.17. The van der Waals surface area contributed by atoms with Gasteiger partial charge in [-0.05, 0) is 48.9 Å². The molecule has 1 amide bonds. The van der Waals surface area contributed by atoms with Gasteiger partial charge in [0.15, 0.2) is 0 Å². The van der Waals surface area contributed by atoms with Crippen molar-refractivity contribution in [2.75, 3.05) is 17.7 Å². The van der Waals surface area contributed by atoms with E-state index in [0.29, 0.717) is 27.9 Å². The van der Waals surface area contributed by atoms with Crippen LogP contribution in [-0.2, 0) is 9.53 Å². The molecule has 31 heavy (non-hydrogen) atoms. The Bertz CT molecular complexity index is 1190. The van der Waals surface area contributed by atoms with E-state index in [0.717, 1.165) is 10.0 Å². The molecule has 1 aliphatic rings. The van der Waals surface area contributed by atoms with Crippen molar-refractivity contribution in [2.45, 2.75) is 13.0 Å². The molecule has 10 heteroatoms. The highest BCUT2D eigenvalue weighted by Crippen LogP contribution is 2.36. The molecule has 2 aromatic carbocycles. The van der Waals surface area contributed by atoms with Crippen molar-refractivity contribution in [1.82, 2.24) is 14.8 Å². The third-order valence-corrected chi connectivity index (χ3v) is 5.53. The molecule has 1 atom stereocenters. The third kappa shape index (κ3) is 4.19. The Morgan fingerprint density at radius 2 is 1.84 bits per heavy atom. The van der Waals surface area contributed by atoms with Gasteiger partial charge in [-0.2, -0.15) is 4.98 Å². The molecule has 3 aromatic rings. The van der Waals surface area contributed by atoms with Gasteiger partial charge >= 0.3 is 5.97 Å². The summed E-state index contributed by atoms with van der Waals surface area (Å²) >= 11 is 9.37. The number of halogens is 2. The molecule has 0 saturated carbocycles. The largest absolute Gasteiger partial charge is 0.463 e. The molecule has 0 saturated heterocycles. The zero-order valence-electron chi connectivity index (χ0n) is 16.5. The number of hydrogen-bond acceptors (Lipinski definition) is 6. The van der Waals surface area contributed by atoms with E-state index in [9.17, 15) is 9.59 Å². The molecule has 0 aliphatic carbocycles. The van der Waals surface area contributed by atoms with Gasteiger partial charge in [-0.15, -0.1) is 5.10 Å². The Kier molecular flexibility index (Phi) is 5.79. The van der Waals surface area contributed by atoms with Crippen molar-refractivity contribution in [2.24, 2.45) is 0 Å². The van der Waals surface area contributed by atoms with E-state index in [-0.39, 0.29) is 11.7 Å². The maximum absolute atomic E-state index is 13.3. The number of esters is 1. The average molecular weight is 503 g/mol. The second-order valence-corrected chi connectivity index (χ2v) is 8.13. The first-order chi connectivity index (χ1) is 14.9. The molecule has 2 N–H and O–H groups in total. The quantitative estimate of drug-likeness (QED) is 0.513. The predicted molar refractivity (Wildman–Crippen MR) is 120 cm³/mol. The lowest BCUT2D eigenvalue weighted by atomic mass is 9.95. The number of anilines is 2. The summed E-state index contributed by atoms with van der Waals surface area (Å²) < 4.78 is 7.15. The molecule has 0 fully saturated rings. The molecule has 158 valence electrons. The smallest absolute Gasteiger partial charge is 0.378 e. The highest BCUT2D eigenvalue weighted by Gasteiger charge is 2.35. The molecule has 0 spiro atoms. The molecule has 2 heterocycles. The number of aromatic nitrogens is 3. The third-order valence-electron chi connectivity index (χ3n) is 4.75. The maximum atomic E-state index is 13.3. The summed E-state index contributed by atoms with van der Waals surface area (Å²) in [6.07, 6.45) is 0. The Morgan fingerprint density at radius 3 is 2.48 bits per heavy atom. The van der Waals surface area contributed by atoms with Crippen molar-refractivity contribution >= 4 is 51.0 Å². The molecule has 0 bridgehead atoms. The lowest BCUT2D eigenvalue weighted by molar-refractivity contribution is -0.113. The Morgan fingerprint density at radius 1 is 1.16 bits per heavy atom. The molecular formula is C21H17BrClN5O3. The number of ether oxygens (including phenoxy) is 1. The van der Waals surface area contributed by atoms with Crippen LogP contribution in [0.2, 0.25) is 5.02 Å². The van der Waals surface area contributed by atoms with E-state index in [4.69, 9.17) is 16.3 Å². The van der Waals surface area contributed by atoms with Crippen molar-refractivity contribution in [3.05, 3.63) is 80.7 Å². The van der Waals surface area contributed by atoms with Gasteiger partial charge in [-0.1, -0.05) is 39.7 Å². The van der Waals surface area contributed by atoms with Crippen LogP contribution in [0.5, 0.6) is 0 Å². The number of nitrogens with one attached hydrogen (secondary N) is 2. The van der Waals surface area contributed by atoms with Gasteiger partial charge in [0.25, 0.3) is 11.7 Å². The van der Waals surface area contributed by atoms with Crippen LogP contribution in [0.4, 0.5) is 11.6 Å². The van der Waals surface area contributed by atoms with Crippen LogP contribution in [0, 0.1) is 0 Å². The lowest BCUT2D eigenvalue weighted by Crippen LogP contribution is -2.31. The summed E-state index contributed by atoms with van der Waals surface area (Å²) in [6.45, 7) is 1.78. The SMILES string of the molecule is COC(=O)c1nc2n(n1)C(c1ccc(Br)cc1)C(C(=O)Nc1ccc(Cl)cc1)=C(C)N2. The first kappa shape index (κ1) is 21.1. The number of rotatable bonds is 4. The monoisotopic (exact) mass is 501 g/mol. The fourth-order valence-corrected chi connectivity index (χ4v) is 3.70. The molecule has 1 aliphatic heterocycles. The number of amides is 1. The van der Waals surface area contributed by atoms with Gasteiger partial charge in [0.1, 0.15) is 6.04 Å². The van der Waals surface area contributed by atoms with Gasteiger partial charge in [0.05, 0.1) is 12.7 Å². The van der Waals surface area contributed by atoms with Crippen LogP contribution in [0.15, 0.2) is 64.3 Å². The van der Waals surface area contributed by atoms with Crippen LogP contribution >= 0.6 is 27.5 Å². The first-order valence-corrected chi connectivity index (χ1v) is 10.4. The highest BCUT2D eigenvalue weighted by molar-refractivity contribution is 9.10. The van der Waals surface area contributed by atoms with Crippen LogP contribution < -0.4 is 10.6 Å². The minimum absolute atomic E-state index is 0.0979. The van der Waals surface area contributed by atoms with Crippen molar-refractivity contribution < 1.29 is 14.3 Å². The highest BCUT2D eigenvalue weighted by atomic mass is 79.9. The van der Waals surface area contributed by atoms with Crippen LogP contribution in [0.1, 0.15) is 29.1 Å². The normalized spacial score (nSPS) is 15.2. The topological polar surface area (TPSA) is 98.1 Å².